The minimum Gasteiger partial charge on any atom is -0.481 e. The molecule has 0 bridgehead atoms. The van der Waals surface area contributed by atoms with Gasteiger partial charge in [0.05, 0.1) is 13.7 Å². The highest BCUT2D eigenvalue weighted by atomic mass is 16.5. The number of carbonyl (C=O) groups excluding carboxylic acids is 1. The molecule has 23 heavy (non-hydrogen) atoms. The van der Waals surface area contributed by atoms with E-state index in [0.29, 0.717) is 24.9 Å². The number of piperidine rings is 1. The predicted octanol–water partition coefficient (Wildman–Crippen LogP) is 1.35. The average molecular weight is 322 g/mol. The molecule has 7 nitrogen and oxygen atoms in total. The average Bonchev–Trinajstić information content (AvgIpc) is 2.54. The lowest BCUT2D eigenvalue weighted by Gasteiger charge is -2.39. The van der Waals surface area contributed by atoms with E-state index in [2.05, 4.69) is 4.98 Å². The first kappa shape index (κ1) is 17.2. The molecule has 1 atom stereocenters. The highest BCUT2D eigenvalue weighted by molar-refractivity contribution is 5.96. The van der Waals surface area contributed by atoms with Gasteiger partial charge in [0, 0.05) is 25.9 Å². The maximum atomic E-state index is 12.8. The van der Waals surface area contributed by atoms with Gasteiger partial charge in [0.1, 0.15) is 11.0 Å². The van der Waals surface area contributed by atoms with Crippen LogP contribution in [-0.2, 0) is 9.53 Å². The number of pyridine rings is 1. The highest BCUT2D eigenvalue weighted by Gasteiger charge is 2.44. The molecule has 7 heteroatoms. The molecule has 1 aliphatic heterocycles. The first-order valence-electron chi connectivity index (χ1n) is 7.47. The minimum absolute atomic E-state index is 0.0788. The van der Waals surface area contributed by atoms with Gasteiger partial charge in [-0.3, -0.25) is 9.59 Å². The summed E-state index contributed by atoms with van der Waals surface area (Å²) in [7, 11) is 2.93. The number of ether oxygens (including phenoxy) is 2. The second kappa shape index (κ2) is 6.95. The zero-order valence-electron chi connectivity index (χ0n) is 13.7. The number of hydrogen-bond acceptors (Lipinski definition) is 5. The third-order valence-electron chi connectivity index (χ3n) is 4.16. The molecule has 1 N–H and O–H groups in total. The molecule has 0 saturated carbocycles. The molecule has 1 amide bonds. The van der Waals surface area contributed by atoms with Crippen LogP contribution in [0, 0.1) is 12.3 Å². The molecular weight excluding hydrogens is 300 g/mol. The smallest absolute Gasteiger partial charge is 0.313 e. The minimum atomic E-state index is -1.06. The molecule has 2 rings (SSSR count). The normalized spacial score (nSPS) is 21.1. The zero-order chi connectivity index (χ0) is 17.0. The Morgan fingerprint density at radius 3 is 2.74 bits per heavy atom. The summed E-state index contributed by atoms with van der Waals surface area (Å²) in [5.41, 5.74) is 0.0293. The topological polar surface area (TPSA) is 89.0 Å². The van der Waals surface area contributed by atoms with E-state index in [1.807, 2.05) is 6.92 Å². The van der Waals surface area contributed by atoms with Crippen molar-refractivity contribution in [2.75, 3.05) is 33.9 Å². The summed E-state index contributed by atoms with van der Waals surface area (Å²) >= 11 is 0. The Labute approximate surface area is 135 Å². The van der Waals surface area contributed by atoms with Crippen LogP contribution in [-0.4, -0.2) is 60.8 Å². The van der Waals surface area contributed by atoms with E-state index in [1.165, 1.54) is 14.2 Å². The summed E-state index contributed by atoms with van der Waals surface area (Å²) in [6.45, 7) is 2.52. The number of nitrogens with zero attached hydrogens (tertiary/aromatic N) is 2. The number of rotatable bonds is 5. The summed E-state index contributed by atoms with van der Waals surface area (Å²) in [4.78, 5) is 30.2. The van der Waals surface area contributed by atoms with Crippen molar-refractivity contribution >= 4 is 11.9 Å². The van der Waals surface area contributed by atoms with Crippen LogP contribution in [0.1, 0.15) is 28.9 Å². The maximum absolute atomic E-state index is 12.8. The Balaban J connectivity index is 2.27. The summed E-state index contributed by atoms with van der Waals surface area (Å²) in [5, 5.41) is 9.57. The van der Waals surface area contributed by atoms with Crippen molar-refractivity contribution < 1.29 is 24.2 Å². The van der Waals surface area contributed by atoms with Crippen molar-refractivity contribution in [3.8, 4) is 5.88 Å². The number of likely N-dealkylation sites (tertiary alicyclic amines) is 1. The molecule has 1 aromatic rings. The van der Waals surface area contributed by atoms with Crippen LogP contribution in [0.15, 0.2) is 12.1 Å². The molecule has 0 spiro atoms. The number of hydrogen-bond donors (Lipinski definition) is 1. The van der Waals surface area contributed by atoms with Crippen LogP contribution in [0.5, 0.6) is 5.88 Å². The molecular formula is C16H22N2O5. The van der Waals surface area contributed by atoms with Gasteiger partial charge in [-0.15, -0.1) is 0 Å². The first-order valence-corrected chi connectivity index (χ1v) is 7.47. The van der Waals surface area contributed by atoms with Gasteiger partial charge in [0.15, 0.2) is 0 Å². The van der Waals surface area contributed by atoms with Gasteiger partial charge in [-0.1, -0.05) is 0 Å². The quantitative estimate of drug-likeness (QED) is 0.880. The molecule has 1 aromatic heterocycles. The highest BCUT2D eigenvalue weighted by Crippen LogP contribution is 2.32. The molecule has 126 valence electrons. The Kier molecular flexibility index (Phi) is 5.20. The van der Waals surface area contributed by atoms with Crippen molar-refractivity contribution in [3.63, 3.8) is 0 Å². The van der Waals surface area contributed by atoms with E-state index in [0.717, 1.165) is 5.69 Å². The van der Waals surface area contributed by atoms with Gasteiger partial charge < -0.3 is 19.5 Å². The standard InChI is InChI=1S/C16H22N2O5/c1-11-5-6-12(13(17-11)23-3)14(19)18-8-4-7-16(9-18,10-22-2)15(20)21/h5-6H,4,7-10H2,1-3H3,(H,20,21). The summed E-state index contributed by atoms with van der Waals surface area (Å²) in [6, 6.07) is 3.40. The number of aliphatic carboxylic acids is 1. The van der Waals surface area contributed by atoms with Crippen LogP contribution < -0.4 is 4.74 Å². The van der Waals surface area contributed by atoms with Gasteiger partial charge >= 0.3 is 5.97 Å². The second-order valence-corrected chi connectivity index (χ2v) is 5.86. The monoisotopic (exact) mass is 322 g/mol. The lowest BCUT2D eigenvalue weighted by Crippen LogP contribution is -2.52. The lowest BCUT2D eigenvalue weighted by molar-refractivity contribution is -0.155. The third kappa shape index (κ3) is 3.44. The van der Waals surface area contributed by atoms with E-state index < -0.39 is 11.4 Å². The summed E-state index contributed by atoms with van der Waals surface area (Å²) < 4.78 is 10.3. The third-order valence-corrected chi connectivity index (χ3v) is 4.16. The van der Waals surface area contributed by atoms with Gasteiger partial charge in [-0.05, 0) is 31.9 Å². The van der Waals surface area contributed by atoms with Crippen molar-refractivity contribution in [2.45, 2.75) is 19.8 Å². The Hall–Kier alpha value is -2.15. The molecule has 0 aliphatic carbocycles. The number of aromatic nitrogens is 1. The summed E-state index contributed by atoms with van der Waals surface area (Å²) in [6.07, 6.45) is 1.10. The Bertz CT molecular complexity index is 600. The molecule has 0 aromatic carbocycles. The Morgan fingerprint density at radius 2 is 2.13 bits per heavy atom. The van der Waals surface area contributed by atoms with Crippen LogP contribution >= 0.6 is 0 Å². The van der Waals surface area contributed by atoms with Crippen LogP contribution in [0.25, 0.3) is 0 Å². The molecule has 1 saturated heterocycles. The van der Waals surface area contributed by atoms with Crippen LogP contribution in [0.4, 0.5) is 0 Å². The van der Waals surface area contributed by atoms with E-state index in [4.69, 9.17) is 9.47 Å². The van der Waals surface area contributed by atoms with Crippen molar-refractivity contribution in [2.24, 2.45) is 5.41 Å². The molecule has 1 fully saturated rings. The number of aryl methyl sites for hydroxylation is 1. The van der Waals surface area contributed by atoms with Crippen molar-refractivity contribution in [1.82, 2.24) is 9.88 Å². The van der Waals surface area contributed by atoms with Crippen molar-refractivity contribution in [3.05, 3.63) is 23.4 Å². The fourth-order valence-electron chi connectivity index (χ4n) is 2.96. The fraction of sp³-hybridized carbons (Fsp3) is 0.562. The SMILES string of the molecule is COCC1(C(=O)O)CCCN(C(=O)c2ccc(C)nc2OC)C1. The van der Waals surface area contributed by atoms with Gasteiger partial charge in [0.2, 0.25) is 5.88 Å². The number of carbonyl (C=O) groups is 2. The lowest BCUT2D eigenvalue weighted by atomic mass is 9.80. The van der Waals surface area contributed by atoms with E-state index in [1.54, 1.807) is 17.0 Å². The molecule has 1 aliphatic rings. The predicted molar refractivity (Wildman–Crippen MR) is 82.6 cm³/mol. The van der Waals surface area contributed by atoms with E-state index in [9.17, 15) is 14.7 Å². The molecule has 0 radical (unpaired) electrons. The number of carboxylic acid groups (broad SMARTS) is 1. The van der Waals surface area contributed by atoms with Crippen LogP contribution in [0.2, 0.25) is 0 Å². The summed E-state index contributed by atoms with van der Waals surface area (Å²) in [5.74, 6) is -0.949. The van der Waals surface area contributed by atoms with Crippen molar-refractivity contribution in [1.29, 1.82) is 0 Å². The zero-order valence-corrected chi connectivity index (χ0v) is 13.7. The fourth-order valence-corrected chi connectivity index (χ4v) is 2.96. The molecule has 2 heterocycles. The van der Waals surface area contributed by atoms with Gasteiger partial charge in [-0.25, -0.2) is 4.98 Å². The van der Waals surface area contributed by atoms with Gasteiger partial charge in [0.25, 0.3) is 5.91 Å². The number of methoxy groups -OCH3 is 2. The van der Waals surface area contributed by atoms with Gasteiger partial charge in [-0.2, -0.15) is 0 Å². The Morgan fingerprint density at radius 1 is 1.39 bits per heavy atom. The number of carboxylic acids is 1. The number of amides is 1. The first-order chi connectivity index (χ1) is 10.9. The second-order valence-electron chi connectivity index (χ2n) is 5.86. The van der Waals surface area contributed by atoms with E-state index >= 15 is 0 Å². The largest absolute Gasteiger partial charge is 0.481 e. The molecule has 1 unspecified atom stereocenters. The maximum Gasteiger partial charge on any atom is 0.313 e. The van der Waals surface area contributed by atoms with Crippen LogP contribution in [0.3, 0.4) is 0 Å². The van der Waals surface area contributed by atoms with E-state index in [-0.39, 0.29) is 24.9 Å².